The van der Waals surface area contributed by atoms with Crippen molar-refractivity contribution in [2.24, 2.45) is 0 Å². The number of rotatable bonds is 9. The second-order valence-corrected chi connectivity index (χ2v) is 8.84. The van der Waals surface area contributed by atoms with Crippen LogP contribution >= 0.6 is 11.8 Å². The summed E-state index contributed by atoms with van der Waals surface area (Å²) in [5.41, 5.74) is 1.05. The van der Waals surface area contributed by atoms with Gasteiger partial charge in [-0.2, -0.15) is 0 Å². The Morgan fingerprint density at radius 3 is 2.52 bits per heavy atom. The molecule has 8 heteroatoms. The number of anilines is 1. The summed E-state index contributed by atoms with van der Waals surface area (Å²) in [6.45, 7) is 2.41. The number of carbonyl (C=O) groups excluding carboxylic acids is 2. The van der Waals surface area contributed by atoms with Crippen LogP contribution in [0.25, 0.3) is 0 Å². The highest BCUT2D eigenvalue weighted by atomic mass is 32.2. The predicted molar refractivity (Wildman–Crippen MR) is 127 cm³/mol. The minimum Gasteiger partial charge on any atom is -0.468 e. The van der Waals surface area contributed by atoms with Gasteiger partial charge < -0.3 is 15.1 Å². The predicted octanol–water partition coefficient (Wildman–Crippen LogP) is 4.72. The molecule has 2 heterocycles. The van der Waals surface area contributed by atoms with E-state index in [9.17, 15) is 14.0 Å². The molecule has 172 valence electrons. The SMILES string of the molecule is O=C(CSc1ccccc1C(=O)NC[C@H](c1ccco1)N1CCCC1)Nc1ccc(F)cc1. The van der Waals surface area contributed by atoms with Gasteiger partial charge in [-0.3, -0.25) is 14.5 Å². The first-order valence-corrected chi connectivity index (χ1v) is 11.9. The second kappa shape index (κ2) is 11.2. The number of halogens is 1. The van der Waals surface area contributed by atoms with Gasteiger partial charge in [0.05, 0.1) is 23.6 Å². The molecular formula is C25H26FN3O3S. The topological polar surface area (TPSA) is 74.6 Å². The fraction of sp³-hybridized carbons (Fsp3) is 0.280. The number of nitrogens with zero attached hydrogens (tertiary/aromatic N) is 1. The smallest absolute Gasteiger partial charge is 0.252 e. The molecule has 0 radical (unpaired) electrons. The summed E-state index contributed by atoms with van der Waals surface area (Å²) in [4.78, 5) is 28.4. The van der Waals surface area contributed by atoms with Crippen molar-refractivity contribution in [1.29, 1.82) is 0 Å². The third kappa shape index (κ3) is 6.24. The van der Waals surface area contributed by atoms with Gasteiger partial charge in [0.1, 0.15) is 11.6 Å². The van der Waals surface area contributed by atoms with Crippen LogP contribution in [0.4, 0.5) is 10.1 Å². The van der Waals surface area contributed by atoms with Crippen LogP contribution in [-0.2, 0) is 4.79 Å². The first-order valence-electron chi connectivity index (χ1n) is 10.9. The number of hydrogen-bond acceptors (Lipinski definition) is 5. The van der Waals surface area contributed by atoms with Crippen molar-refractivity contribution in [3.63, 3.8) is 0 Å². The van der Waals surface area contributed by atoms with Gasteiger partial charge in [0.25, 0.3) is 5.91 Å². The van der Waals surface area contributed by atoms with Crippen LogP contribution in [0.2, 0.25) is 0 Å². The van der Waals surface area contributed by atoms with Crippen molar-refractivity contribution >= 4 is 29.3 Å². The zero-order chi connectivity index (χ0) is 23.0. The van der Waals surface area contributed by atoms with Gasteiger partial charge in [0.2, 0.25) is 5.91 Å². The summed E-state index contributed by atoms with van der Waals surface area (Å²) in [6, 6.07) is 16.6. The first-order chi connectivity index (χ1) is 16.1. The van der Waals surface area contributed by atoms with Gasteiger partial charge in [-0.25, -0.2) is 4.39 Å². The minimum absolute atomic E-state index is 0.00671. The van der Waals surface area contributed by atoms with Crippen molar-refractivity contribution < 1.29 is 18.4 Å². The molecule has 0 unspecified atom stereocenters. The summed E-state index contributed by atoms with van der Waals surface area (Å²) in [5.74, 6) is 0.199. The first kappa shape index (κ1) is 23.1. The molecular weight excluding hydrogens is 441 g/mol. The number of hydrogen-bond donors (Lipinski definition) is 2. The molecule has 0 saturated carbocycles. The Bertz CT molecular complexity index is 1070. The van der Waals surface area contributed by atoms with E-state index >= 15 is 0 Å². The minimum atomic E-state index is -0.360. The largest absolute Gasteiger partial charge is 0.468 e. The monoisotopic (exact) mass is 467 g/mol. The quantitative estimate of drug-likeness (QED) is 0.446. The molecule has 6 nitrogen and oxygen atoms in total. The van der Waals surface area contributed by atoms with E-state index in [1.54, 1.807) is 12.3 Å². The molecule has 4 rings (SSSR count). The molecule has 0 aliphatic carbocycles. The van der Waals surface area contributed by atoms with Crippen LogP contribution in [-0.4, -0.2) is 42.1 Å². The fourth-order valence-corrected chi connectivity index (χ4v) is 4.73. The maximum Gasteiger partial charge on any atom is 0.252 e. The highest BCUT2D eigenvalue weighted by molar-refractivity contribution is 8.00. The Kier molecular flexibility index (Phi) is 7.80. The molecule has 1 saturated heterocycles. The molecule has 1 aromatic heterocycles. The lowest BCUT2D eigenvalue weighted by atomic mass is 10.1. The van der Waals surface area contributed by atoms with E-state index in [1.165, 1.54) is 36.0 Å². The molecule has 0 spiro atoms. The van der Waals surface area contributed by atoms with Crippen LogP contribution in [0.1, 0.15) is 35.0 Å². The molecule has 1 fully saturated rings. The van der Waals surface area contributed by atoms with Crippen LogP contribution in [0, 0.1) is 5.82 Å². The van der Waals surface area contributed by atoms with Gasteiger partial charge in [0.15, 0.2) is 0 Å². The molecule has 2 aromatic carbocycles. The van der Waals surface area contributed by atoms with Gasteiger partial charge in [0, 0.05) is 17.1 Å². The molecule has 1 aliphatic rings. The zero-order valence-electron chi connectivity index (χ0n) is 18.1. The van der Waals surface area contributed by atoms with Crippen LogP contribution < -0.4 is 10.6 Å². The maximum atomic E-state index is 13.0. The highest BCUT2D eigenvalue weighted by Crippen LogP contribution is 2.26. The van der Waals surface area contributed by atoms with E-state index < -0.39 is 0 Å². The fourth-order valence-electron chi connectivity index (χ4n) is 3.88. The average Bonchev–Trinajstić information content (AvgIpc) is 3.55. The number of thioether (sulfide) groups is 1. The number of amides is 2. The molecule has 33 heavy (non-hydrogen) atoms. The number of carbonyl (C=O) groups is 2. The lowest BCUT2D eigenvalue weighted by molar-refractivity contribution is -0.113. The standard InChI is InChI=1S/C25H26FN3O3S/c26-18-9-11-19(12-10-18)28-24(30)17-33-23-8-2-1-6-20(23)25(31)27-16-21(22-7-5-15-32-22)29-13-3-4-14-29/h1-2,5-12,15,21H,3-4,13-14,16-17H2,(H,27,31)(H,28,30)/t21-/m1/s1. The van der Waals surface area contributed by atoms with Crippen molar-refractivity contribution in [1.82, 2.24) is 10.2 Å². The van der Waals surface area contributed by atoms with Crippen LogP contribution in [0.3, 0.4) is 0 Å². The Hall–Kier alpha value is -3.10. The third-order valence-electron chi connectivity index (χ3n) is 5.53. The van der Waals surface area contributed by atoms with E-state index in [1.807, 2.05) is 30.3 Å². The average molecular weight is 468 g/mol. The normalized spacial score (nSPS) is 14.7. The summed E-state index contributed by atoms with van der Waals surface area (Å²) >= 11 is 1.29. The van der Waals surface area contributed by atoms with Crippen molar-refractivity contribution in [2.75, 3.05) is 30.7 Å². The van der Waals surface area contributed by atoms with Crippen molar-refractivity contribution in [3.8, 4) is 0 Å². The second-order valence-electron chi connectivity index (χ2n) is 7.82. The highest BCUT2D eigenvalue weighted by Gasteiger charge is 2.26. The van der Waals surface area contributed by atoms with Crippen LogP contribution in [0.5, 0.6) is 0 Å². The number of nitrogens with one attached hydrogen (secondary N) is 2. The Balaban J connectivity index is 1.36. The summed E-state index contributed by atoms with van der Waals surface area (Å²) in [7, 11) is 0. The Morgan fingerprint density at radius 2 is 1.79 bits per heavy atom. The Labute approximate surface area is 196 Å². The van der Waals surface area contributed by atoms with Gasteiger partial charge >= 0.3 is 0 Å². The van der Waals surface area contributed by atoms with E-state index in [4.69, 9.17) is 4.42 Å². The number of furan rings is 1. The van der Waals surface area contributed by atoms with E-state index in [-0.39, 0.29) is 29.4 Å². The molecule has 1 aliphatic heterocycles. The number of likely N-dealkylation sites (tertiary alicyclic amines) is 1. The lowest BCUT2D eigenvalue weighted by Crippen LogP contribution is -2.36. The molecule has 0 bridgehead atoms. The van der Waals surface area contributed by atoms with Crippen molar-refractivity contribution in [2.45, 2.75) is 23.8 Å². The molecule has 1 atom stereocenters. The van der Waals surface area contributed by atoms with E-state index in [0.717, 1.165) is 36.6 Å². The van der Waals surface area contributed by atoms with E-state index in [0.29, 0.717) is 17.8 Å². The van der Waals surface area contributed by atoms with Gasteiger partial charge in [-0.05, 0) is 74.5 Å². The summed E-state index contributed by atoms with van der Waals surface area (Å²) < 4.78 is 18.7. The zero-order valence-corrected chi connectivity index (χ0v) is 18.9. The Morgan fingerprint density at radius 1 is 1.03 bits per heavy atom. The number of benzene rings is 2. The molecule has 3 aromatic rings. The maximum absolute atomic E-state index is 13.0. The molecule has 2 amide bonds. The van der Waals surface area contributed by atoms with Gasteiger partial charge in [-0.1, -0.05) is 12.1 Å². The lowest BCUT2D eigenvalue weighted by Gasteiger charge is -2.26. The third-order valence-corrected chi connectivity index (χ3v) is 6.60. The van der Waals surface area contributed by atoms with Crippen LogP contribution in [0.15, 0.2) is 76.2 Å². The van der Waals surface area contributed by atoms with Gasteiger partial charge in [-0.15, -0.1) is 11.8 Å². The summed E-state index contributed by atoms with van der Waals surface area (Å²) in [6.07, 6.45) is 3.94. The van der Waals surface area contributed by atoms with Crippen molar-refractivity contribution in [3.05, 3.63) is 84.1 Å². The summed E-state index contributed by atoms with van der Waals surface area (Å²) in [5, 5.41) is 5.78. The molecule has 2 N–H and O–H groups in total. The van der Waals surface area contributed by atoms with E-state index in [2.05, 4.69) is 15.5 Å².